The van der Waals surface area contributed by atoms with Gasteiger partial charge in [0.25, 0.3) is 0 Å². The van der Waals surface area contributed by atoms with E-state index >= 15 is 0 Å². The van der Waals surface area contributed by atoms with E-state index in [0.717, 1.165) is 10.9 Å². The number of fused-ring (bicyclic) bond motifs is 1. The second kappa shape index (κ2) is 9.56. The second-order valence-corrected chi connectivity index (χ2v) is 6.21. The van der Waals surface area contributed by atoms with Crippen LogP contribution in [-0.4, -0.2) is 44.7 Å². The third-order valence-electron chi connectivity index (χ3n) is 4.34. The summed E-state index contributed by atoms with van der Waals surface area (Å²) in [7, 11) is 4.38. The fourth-order valence-corrected chi connectivity index (χ4v) is 2.84. The van der Waals surface area contributed by atoms with Crippen molar-refractivity contribution >= 4 is 28.7 Å². The third-order valence-corrected chi connectivity index (χ3v) is 4.34. The standard InChI is InChI=1S/C23H21NO6/c1-27-20-12-16(13-21(28-2)23(20)29-3)19(25)14-30-22(26)11-10-17-9-8-15-6-4-5-7-18(15)24-17/h4-13H,14H2,1-3H3/b11-10+. The summed E-state index contributed by atoms with van der Waals surface area (Å²) in [5.74, 6) is 0.00699. The van der Waals surface area contributed by atoms with Gasteiger partial charge in [0.15, 0.2) is 18.1 Å². The molecule has 0 saturated heterocycles. The van der Waals surface area contributed by atoms with E-state index in [1.54, 1.807) is 12.1 Å². The number of nitrogens with zero attached hydrogens (tertiary/aromatic N) is 1. The van der Waals surface area contributed by atoms with Gasteiger partial charge in [-0.2, -0.15) is 0 Å². The lowest BCUT2D eigenvalue weighted by atomic mass is 10.1. The molecule has 0 spiro atoms. The largest absolute Gasteiger partial charge is 0.493 e. The van der Waals surface area contributed by atoms with Gasteiger partial charge in [-0.05, 0) is 30.3 Å². The fraction of sp³-hybridized carbons (Fsp3) is 0.174. The molecule has 7 heteroatoms. The van der Waals surface area contributed by atoms with Crippen LogP contribution < -0.4 is 14.2 Å². The Balaban J connectivity index is 1.65. The van der Waals surface area contributed by atoms with Crippen LogP contribution >= 0.6 is 0 Å². The van der Waals surface area contributed by atoms with Crippen molar-refractivity contribution in [2.24, 2.45) is 0 Å². The average Bonchev–Trinajstić information content (AvgIpc) is 2.79. The quantitative estimate of drug-likeness (QED) is 0.320. The summed E-state index contributed by atoms with van der Waals surface area (Å²) in [6.07, 6.45) is 2.78. The SMILES string of the molecule is COc1cc(C(=O)COC(=O)/C=C/c2ccc3ccccc3n2)cc(OC)c1OC. The van der Waals surface area contributed by atoms with Crippen molar-refractivity contribution in [2.45, 2.75) is 0 Å². The fourth-order valence-electron chi connectivity index (χ4n) is 2.84. The molecular weight excluding hydrogens is 386 g/mol. The van der Waals surface area contributed by atoms with Crippen LogP contribution in [0, 0.1) is 0 Å². The highest BCUT2D eigenvalue weighted by Gasteiger charge is 2.17. The third kappa shape index (κ3) is 4.75. The number of methoxy groups -OCH3 is 3. The summed E-state index contributed by atoms with van der Waals surface area (Å²) in [6, 6.07) is 14.4. The highest BCUT2D eigenvalue weighted by Crippen LogP contribution is 2.38. The van der Waals surface area contributed by atoms with Gasteiger partial charge in [0.1, 0.15) is 0 Å². The summed E-state index contributed by atoms with van der Waals surface area (Å²) in [4.78, 5) is 28.9. The number of carbonyl (C=O) groups excluding carboxylic acids is 2. The molecule has 0 N–H and O–H groups in total. The molecule has 0 radical (unpaired) electrons. The molecule has 3 aromatic rings. The molecule has 0 amide bonds. The lowest BCUT2D eigenvalue weighted by molar-refractivity contribution is -0.136. The van der Waals surface area contributed by atoms with Crippen molar-refractivity contribution in [1.82, 2.24) is 4.98 Å². The Hall–Kier alpha value is -3.87. The summed E-state index contributed by atoms with van der Waals surface area (Å²) >= 11 is 0. The molecule has 30 heavy (non-hydrogen) atoms. The number of esters is 1. The lowest BCUT2D eigenvalue weighted by Crippen LogP contribution is -2.13. The summed E-state index contributed by atoms with van der Waals surface area (Å²) in [5.41, 5.74) is 1.71. The number of rotatable bonds is 8. The highest BCUT2D eigenvalue weighted by molar-refractivity contribution is 6.00. The molecule has 0 unspecified atom stereocenters. The predicted octanol–water partition coefficient (Wildman–Crippen LogP) is 3.70. The number of benzene rings is 2. The first-order valence-electron chi connectivity index (χ1n) is 9.09. The van der Waals surface area contributed by atoms with Crippen molar-refractivity contribution in [3.63, 3.8) is 0 Å². The molecule has 0 bridgehead atoms. The Bertz CT molecular complexity index is 1080. The van der Waals surface area contributed by atoms with Gasteiger partial charge in [-0.25, -0.2) is 9.78 Å². The number of hydrogen-bond acceptors (Lipinski definition) is 7. The van der Waals surface area contributed by atoms with Gasteiger partial charge in [0, 0.05) is 17.0 Å². The molecule has 1 heterocycles. The van der Waals surface area contributed by atoms with E-state index in [0.29, 0.717) is 22.9 Å². The van der Waals surface area contributed by atoms with E-state index in [-0.39, 0.29) is 5.56 Å². The molecule has 7 nitrogen and oxygen atoms in total. The van der Waals surface area contributed by atoms with Crippen molar-refractivity contribution in [1.29, 1.82) is 0 Å². The number of aromatic nitrogens is 1. The Morgan fingerprint density at radius 3 is 2.30 bits per heavy atom. The van der Waals surface area contributed by atoms with E-state index in [1.165, 1.54) is 39.5 Å². The molecule has 0 fully saturated rings. The first kappa shape index (κ1) is 20.9. The molecule has 2 aromatic carbocycles. The van der Waals surface area contributed by atoms with Crippen molar-refractivity contribution < 1.29 is 28.5 Å². The van der Waals surface area contributed by atoms with E-state index in [4.69, 9.17) is 18.9 Å². The Morgan fingerprint density at radius 1 is 0.933 bits per heavy atom. The van der Waals surface area contributed by atoms with E-state index in [2.05, 4.69) is 4.98 Å². The van der Waals surface area contributed by atoms with Crippen LogP contribution in [0.25, 0.3) is 17.0 Å². The Kier molecular flexibility index (Phi) is 6.64. The molecule has 3 rings (SSSR count). The Morgan fingerprint density at radius 2 is 1.63 bits per heavy atom. The van der Waals surface area contributed by atoms with Crippen LogP contribution in [-0.2, 0) is 9.53 Å². The number of ketones is 1. The van der Waals surface area contributed by atoms with E-state index < -0.39 is 18.4 Å². The second-order valence-electron chi connectivity index (χ2n) is 6.21. The van der Waals surface area contributed by atoms with E-state index in [9.17, 15) is 9.59 Å². The normalized spacial score (nSPS) is 10.8. The smallest absolute Gasteiger partial charge is 0.331 e. The van der Waals surface area contributed by atoms with Crippen LogP contribution in [0.1, 0.15) is 16.1 Å². The van der Waals surface area contributed by atoms with Crippen LogP contribution in [0.5, 0.6) is 17.2 Å². The van der Waals surface area contributed by atoms with Gasteiger partial charge in [0.05, 0.1) is 32.5 Å². The minimum absolute atomic E-state index is 0.275. The maximum Gasteiger partial charge on any atom is 0.331 e. The number of Topliss-reactive ketones (excluding diaryl/α,β-unsaturated/α-hetero) is 1. The average molecular weight is 407 g/mol. The number of hydrogen-bond donors (Lipinski definition) is 0. The van der Waals surface area contributed by atoms with Gasteiger partial charge < -0.3 is 18.9 Å². The number of pyridine rings is 1. The molecule has 0 aliphatic carbocycles. The van der Waals surface area contributed by atoms with Crippen molar-refractivity contribution in [3.05, 3.63) is 65.9 Å². The first-order valence-corrected chi connectivity index (χ1v) is 9.09. The summed E-state index contributed by atoms with van der Waals surface area (Å²) in [5, 5.41) is 1.01. The van der Waals surface area contributed by atoms with Gasteiger partial charge >= 0.3 is 5.97 Å². The maximum absolute atomic E-state index is 12.4. The van der Waals surface area contributed by atoms with Crippen LogP contribution in [0.4, 0.5) is 0 Å². The van der Waals surface area contributed by atoms with Gasteiger partial charge in [-0.1, -0.05) is 24.3 Å². The molecule has 154 valence electrons. The number of carbonyl (C=O) groups is 2. The van der Waals surface area contributed by atoms with Gasteiger partial charge in [-0.15, -0.1) is 0 Å². The van der Waals surface area contributed by atoms with Crippen LogP contribution in [0.2, 0.25) is 0 Å². The first-order chi connectivity index (χ1) is 14.5. The van der Waals surface area contributed by atoms with Crippen molar-refractivity contribution in [3.8, 4) is 17.2 Å². The molecule has 0 atom stereocenters. The zero-order valence-corrected chi connectivity index (χ0v) is 16.9. The van der Waals surface area contributed by atoms with Crippen LogP contribution in [0.15, 0.2) is 54.6 Å². The monoisotopic (exact) mass is 407 g/mol. The number of ether oxygens (including phenoxy) is 4. The van der Waals surface area contributed by atoms with Crippen LogP contribution in [0.3, 0.4) is 0 Å². The Labute approximate surface area is 173 Å². The molecule has 1 aromatic heterocycles. The minimum atomic E-state index is -0.647. The topological polar surface area (TPSA) is 84.0 Å². The highest BCUT2D eigenvalue weighted by atomic mass is 16.5. The summed E-state index contributed by atoms with van der Waals surface area (Å²) in [6.45, 7) is -0.424. The molecule has 0 aliphatic heterocycles. The maximum atomic E-state index is 12.4. The molecule has 0 saturated carbocycles. The van der Waals surface area contributed by atoms with Gasteiger partial charge in [0.2, 0.25) is 11.5 Å². The zero-order chi connectivity index (χ0) is 21.5. The summed E-state index contributed by atoms with van der Waals surface area (Å²) < 4.78 is 20.7. The molecule has 0 aliphatic rings. The van der Waals surface area contributed by atoms with Crippen molar-refractivity contribution in [2.75, 3.05) is 27.9 Å². The number of para-hydroxylation sites is 1. The molecular formula is C23H21NO6. The van der Waals surface area contributed by atoms with E-state index in [1.807, 2.05) is 30.3 Å². The predicted molar refractivity (Wildman–Crippen MR) is 112 cm³/mol. The lowest BCUT2D eigenvalue weighted by Gasteiger charge is -2.13. The minimum Gasteiger partial charge on any atom is -0.493 e. The zero-order valence-electron chi connectivity index (χ0n) is 16.9. The van der Waals surface area contributed by atoms with Gasteiger partial charge in [-0.3, -0.25) is 4.79 Å².